The van der Waals surface area contributed by atoms with Crippen LogP contribution in [-0.4, -0.2) is 11.5 Å². The van der Waals surface area contributed by atoms with Gasteiger partial charge in [-0.2, -0.15) is 0 Å². The Bertz CT molecular complexity index is 535. The van der Waals surface area contributed by atoms with Crippen molar-refractivity contribution in [3.63, 3.8) is 0 Å². The number of nitrogens with one attached hydrogen (secondary N) is 1. The quantitative estimate of drug-likeness (QED) is 0.894. The van der Waals surface area contributed by atoms with E-state index in [0.717, 1.165) is 18.6 Å². The van der Waals surface area contributed by atoms with E-state index in [1.807, 2.05) is 12.3 Å². The molecule has 0 bridgehead atoms. The van der Waals surface area contributed by atoms with Crippen LogP contribution in [0.1, 0.15) is 33.3 Å². The zero-order chi connectivity index (χ0) is 13.9. The summed E-state index contributed by atoms with van der Waals surface area (Å²) < 4.78 is 0. The molecule has 0 saturated carbocycles. The van der Waals surface area contributed by atoms with Crippen LogP contribution in [0.15, 0.2) is 36.5 Å². The summed E-state index contributed by atoms with van der Waals surface area (Å²) in [6.07, 6.45) is 1.86. The molecular formula is C17H24N2. The molecule has 2 heteroatoms. The number of fused-ring (bicyclic) bond motifs is 1. The number of aromatic nitrogens is 1. The Morgan fingerprint density at radius 3 is 2.63 bits per heavy atom. The Hall–Kier alpha value is -1.41. The number of pyridine rings is 1. The number of rotatable bonds is 4. The second kappa shape index (κ2) is 5.70. The summed E-state index contributed by atoms with van der Waals surface area (Å²) in [4.78, 5) is 4.49. The van der Waals surface area contributed by atoms with Gasteiger partial charge in [0.1, 0.15) is 0 Å². The van der Waals surface area contributed by atoms with Crippen LogP contribution in [0.4, 0.5) is 0 Å². The zero-order valence-electron chi connectivity index (χ0n) is 12.4. The predicted molar refractivity (Wildman–Crippen MR) is 82.1 cm³/mol. The topological polar surface area (TPSA) is 24.9 Å². The molecule has 0 radical (unpaired) electrons. The van der Waals surface area contributed by atoms with Crippen LogP contribution in [-0.2, 0) is 6.54 Å². The van der Waals surface area contributed by atoms with Crippen molar-refractivity contribution >= 4 is 10.9 Å². The summed E-state index contributed by atoms with van der Waals surface area (Å²) in [6.45, 7) is 11.1. The highest BCUT2D eigenvalue weighted by molar-refractivity contribution is 5.81. The second-order valence-electron chi connectivity index (χ2n) is 6.39. The van der Waals surface area contributed by atoms with E-state index in [-0.39, 0.29) is 0 Å². The van der Waals surface area contributed by atoms with E-state index in [2.05, 4.69) is 62.3 Å². The summed E-state index contributed by atoms with van der Waals surface area (Å²) in [6, 6.07) is 10.5. The maximum atomic E-state index is 4.49. The molecular weight excluding hydrogens is 232 g/mol. The number of para-hydroxylation sites is 1. The molecule has 1 atom stereocenters. The lowest BCUT2D eigenvalue weighted by Gasteiger charge is -2.27. The highest BCUT2D eigenvalue weighted by Gasteiger charge is 2.19. The van der Waals surface area contributed by atoms with Gasteiger partial charge < -0.3 is 5.32 Å². The van der Waals surface area contributed by atoms with Crippen molar-refractivity contribution in [1.29, 1.82) is 0 Å². The SMILES string of the molecule is CC(CNCc1cccc2cccnc12)C(C)(C)C. The van der Waals surface area contributed by atoms with Crippen LogP contribution >= 0.6 is 0 Å². The highest BCUT2D eigenvalue weighted by Crippen LogP contribution is 2.24. The van der Waals surface area contributed by atoms with E-state index in [4.69, 9.17) is 0 Å². The van der Waals surface area contributed by atoms with Crippen molar-refractivity contribution in [3.8, 4) is 0 Å². The largest absolute Gasteiger partial charge is 0.312 e. The fourth-order valence-electron chi connectivity index (χ4n) is 2.04. The molecule has 0 saturated heterocycles. The Kier molecular flexibility index (Phi) is 4.20. The van der Waals surface area contributed by atoms with Gasteiger partial charge >= 0.3 is 0 Å². The summed E-state index contributed by atoms with van der Waals surface area (Å²) in [5.41, 5.74) is 2.74. The van der Waals surface area contributed by atoms with Gasteiger partial charge in [-0.15, -0.1) is 0 Å². The molecule has 1 heterocycles. The van der Waals surface area contributed by atoms with Crippen LogP contribution in [0.3, 0.4) is 0 Å². The van der Waals surface area contributed by atoms with E-state index < -0.39 is 0 Å². The normalized spacial score (nSPS) is 13.7. The average Bonchev–Trinajstić information content (AvgIpc) is 2.38. The molecule has 0 aliphatic rings. The van der Waals surface area contributed by atoms with Gasteiger partial charge in [-0.25, -0.2) is 0 Å². The fourth-order valence-corrected chi connectivity index (χ4v) is 2.04. The Morgan fingerprint density at radius 1 is 1.16 bits per heavy atom. The van der Waals surface area contributed by atoms with Crippen molar-refractivity contribution in [1.82, 2.24) is 10.3 Å². The maximum absolute atomic E-state index is 4.49. The summed E-state index contributed by atoms with van der Waals surface area (Å²) in [7, 11) is 0. The number of hydrogen-bond donors (Lipinski definition) is 1. The van der Waals surface area contributed by atoms with Gasteiger partial charge in [-0.3, -0.25) is 4.98 Å². The Labute approximate surface area is 116 Å². The van der Waals surface area contributed by atoms with Crippen LogP contribution in [0, 0.1) is 11.3 Å². The summed E-state index contributed by atoms with van der Waals surface area (Å²) >= 11 is 0. The van der Waals surface area contributed by atoms with Gasteiger partial charge in [0, 0.05) is 18.1 Å². The third-order valence-electron chi connectivity index (χ3n) is 3.96. The Balaban J connectivity index is 2.03. The minimum absolute atomic E-state index is 0.351. The smallest absolute Gasteiger partial charge is 0.0746 e. The maximum Gasteiger partial charge on any atom is 0.0746 e. The van der Waals surface area contributed by atoms with Gasteiger partial charge in [-0.05, 0) is 29.5 Å². The average molecular weight is 256 g/mol. The third kappa shape index (κ3) is 3.54. The minimum Gasteiger partial charge on any atom is -0.312 e. The van der Waals surface area contributed by atoms with Gasteiger partial charge in [0.25, 0.3) is 0 Å². The molecule has 0 spiro atoms. The van der Waals surface area contributed by atoms with Gasteiger partial charge in [0.05, 0.1) is 5.52 Å². The van der Waals surface area contributed by atoms with Gasteiger partial charge in [0.2, 0.25) is 0 Å². The van der Waals surface area contributed by atoms with E-state index in [1.54, 1.807) is 0 Å². The van der Waals surface area contributed by atoms with Crippen molar-refractivity contribution in [2.75, 3.05) is 6.54 Å². The molecule has 2 nitrogen and oxygen atoms in total. The van der Waals surface area contributed by atoms with E-state index in [9.17, 15) is 0 Å². The molecule has 2 aromatic rings. The number of benzene rings is 1. The first kappa shape index (κ1) is 14.0. The summed E-state index contributed by atoms with van der Waals surface area (Å²) in [5, 5.41) is 4.77. The summed E-state index contributed by atoms with van der Waals surface area (Å²) in [5.74, 6) is 0.649. The molecule has 0 fully saturated rings. The lowest BCUT2D eigenvalue weighted by molar-refractivity contribution is 0.252. The van der Waals surface area contributed by atoms with Crippen LogP contribution in [0.5, 0.6) is 0 Å². The fraction of sp³-hybridized carbons (Fsp3) is 0.471. The van der Waals surface area contributed by atoms with E-state index in [0.29, 0.717) is 11.3 Å². The molecule has 1 N–H and O–H groups in total. The van der Waals surface area contributed by atoms with Crippen molar-refractivity contribution in [2.24, 2.45) is 11.3 Å². The predicted octanol–water partition coefficient (Wildman–Crippen LogP) is 4.01. The standard InChI is InChI=1S/C17H24N2/c1-13(17(2,3)4)11-18-12-15-8-5-7-14-9-6-10-19-16(14)15/h5-10,13,18H,11-12H2,1-4H3. The van der Waals surface area contributed by atoms with Crippen LogP contribution < -0.4 is 5.32 Å². The first-order chi connectivity index (χ1) is 8.98. The first-order valence-corrected chi connectivity index (χ1v) is 7.02. The first-order valence-electron chi connectivity index (χ1n) is 7.02. The van der Waals surface area contributed by atoms with Gasteiger partial charge in [-0.1, -0.05) is 52.0 Å². The van der Waals surface area contributed by atoms with Crippen molar-refractivity contribution in [2.45, 2.75) is 34.2 Å². The van der Waals surface area contributed by atoms with Crippen LogP contribution in [0.2, 0.25) is 0 Å². The minimum atomic E-state index is 0.351. The third-order valence-corrected chi connectivity index (χ3v) is 3.96. The molecule has 1 aromatic carbocycles. The molecule has 1 unspecified atom stereocenters. The molecule has 0 aliphatic heterocycles. The number of nitrogens with zero attached hydrogens (tertiary/aromatic N) is 1. The second-order valence-corrected chi connectivity index (χ2v) is 6.39. The van der Waals surface area contributed by atoms with Gasteiger partial charge in [0.15, 0.2) is 0 Å². The molecule has 0 aliphatic carbocycles. The molecule has 1 aromatic heterocycles. The monoisotopic (exact) mass is 256 g/mol. The molecule has 0 amide bonds. The van der Waals surface area contributed by atoms with E-state index >= 15 is 0 Å². The molecule has 102 valence electrons. The molecule has 19 heavy (non-hydrogen) atoms. The highest BCUT2D eigenvalue weighted by atomic mass is 14.9. The van der Waals surface area contributed by atoms with Crippen molar-refractivity contribution < 1.29 is 0 Å². The molecule has 2 rings (SSSR count). The number of hydrogen-bond acceptors (Lipinski definition) is 2. The Morgan fingerprint density at radius 2 is 1.89 bits per heavy atom. The van der Waals surface area contributed by atoms with Crippen molar-refractivity contribution in [3.05, 3.63) is 42.1 Å². The lowest BCUT2D eigenvalue weighted by Crippen LogP contribution is -2.29. The van der Waals surface area contributed by atoms with Crippen LogP contribution in [0.25, 0.3) is 10.9 Å². The lowest BCUT2D eigenvalue weighted by atomic mass is 9.82. The zero-order valence-corrected chi connectivity index (χ0v) is 12.4. The van der Waals surface area contributed by atoms with E-state index in [1.165, 1.54) is 10.9 Å².